The molecule has 1 unspecified atom stereocenters. The van der Waals surface area contributed by atoms with Gasteiger partial charge in [0, 0.05) is 39.1 Å². The summed E-state index contributed by atoms with van der Waals surface area (Å²) in [6, 6.07) is -0.0594. The van der Waals surface area contributed by atoms with Crippen LogP contribution < -0.4 is 10.6 Å². The number of carbonyl (C=O) groups excluding carboxylic acids is 1. The smallest absolute Gasteiger partial charge is 0.401 e. The molecule has 0 aromatic rings. The Kier molecular flexibility index (Phi) is 10.7. The van der Waals surface area contributed by atoms with Gasteiger partial charge in [0.1, 0.15) is 6.10 Å². The summed E-state index contributed by atoms with van der Waals surface area (Å²) in [5.41, 5.74) is 0. The van der Waals surface area contributed by atoms with Crippen LogP contribution in [0.15, 0.2) is 4.99 Å². The molecule has 2 rings (SSSR count). The maximum absolute atomic E-state index is 12.4. The first-order valence-corrected chi connectivity index (χ1v) is 9.31. The molecule has 158 valence electrons. The number of rotatable bonds is 7. The molecule has 0 amide bonds. The summed E-state index contributed by atoms with van der Waals surface area (Å²) in [6.07, 6.45) is 1.73. The number of ether oxygens (including phenoxy) is 1. The second kappa shape index (κ2) is 11.9. The van der Waals surface area contributed by atoms with Gasteiger partial charge in [0.2, 0.25) is 0 Å². The van der Waals surface area contributed by atoms with Gasteiger partial charge in [0.15, 0.2) is 5.96 Å². The summed E-state index contributed by atoms with van der Waals surface area (Å²) in [6.45, 7) is 0.438. The van der Waals surface area contributed by atoms with Gasteiger partial charge in [0.05, 0.1) is 6.54 Å². The molecule has 2 aliphatic rings. The van der Waals surface area contributed by atoms with Crippen molar-refractivity contribution in [1.82, 2.24) is 15.5 Å². The van der Waals surface area contributed by atoms with Crippen molar-refractivity contribution < 1.29 is 22.7 Å². The van der Waals surface area contributed by atoms with E-state index < -0.39 is 12.7 Å². The highest BCUT2D eigenvalue weighted by Gasteiger charge is 2.34. The van der Waals surface area contributed by atoms with E-state index in [4.69, 9.17) is 4.74 Å². The number of halogens is 4. The lowest BCUT2D eigenvalue weighted by Crippen LogP contribution is -2.45. The van der Waals surface area contributed by atoms with E-state index in [0.717, 1.165) is 25.7 Å². The van der Waals surface area contributed by atoms with Crippen LogP contribution in [0.5, 0.6) is 0 Å². The van der Waals surface area contributed by atoms with Gasteiger partial charge in [-0.15, -0.1) is 24.0 Å². The zero-order valence-electron chi connectivity index (χ0n) is 15.7. The monoisotopic (exact) mass is 506 g/mol. The second-order valence-corrected chi connectivity index (χ2v) is 6.98. The highest BCUT2D eigenvalue weighted by molar-refractivity contribution is 14.0. The summed E-state index contributed by atoms with van der Waals surface area (Å²) in [7, 11) is 1.62. The Balaban J connectivity index is 0.00000364. The summed E-state index contributed by atoms with van der Waals surface area (Å²) >= 11 is 0. The molecule has 27 heavy (non-hydrogen) atoms. The Morgan fingerprint density at radius 2 is 1.96 bits per heavy atom. The van der Waals surface area contributed by atoms with Crippen molar-refractivity contribution in [1.29, 1.82) is 0 Å². The molecule has 0 aromatic carbocycles. The lowest BCUT2D eigenvalue weighted by Gasteiger charge is -2.19. The number of esters is 1. The van der Waals surface area contributed by atoms with Crippen molar-refractivity contribution in [2.75, 3.05) is 33.2 Å². The normalized spacial score (nSPS) is 21.8. The molecule has 1 aliphatic carbocycles. The van der Waals surface area contributed by atoms with Crippen LogP contribution in [0.1, 0.15) is 44.9 Å². The van der Waals surface area contributed by atoms with Crippen molar-refractivity contribution in [3.8, 4) is 0 Å². The number of alkyl halides is 3. The van der Waals surface area contributed by atoms with E-state index in [-0.39, 0.29) is 42.1 Å². The highest BCUT2D eigenvalue weighted by atomic mass is 127. The summed E-state index contributed by atoms with van der Waals surface area (Å²) in [5, 5.41) is 6.24. The number of hydrogen-bond acceptors (Lipinski definition) is 4. The molecule has 2 fully saturated rings. The third kappa shape index (κ3) is 9.82. The van der Waals surface area contributed by atoms with E-state index in [9.17, 15) is 18.0 Å². The second-order valence-electron chi connectivity index (χ2n) is 6.98. The minimum Gasteiger partial charge on any atom is -0.462 e. The van der Waals surface area contributed by atoms with Crippen LogP contribution in [-0.4, -0.2) is 68.4 Å². The molecule has 10 heteroatoms. The quantitative estimate of drug-likeness (QED) is 0.183. The fourth-order valence-corrected chi connectivity index (χ4v) is 3.43. The van der Waals surface area contributed by atoms with E-state index in [1.165, 1.54) is 4.90 Å². The standard InChI is InChI=1S/C17H29F3N4O2.HI/c1-21-16(23-13-8-10-24(11-13)12-17(18,19)20)22-9-4-7-15(25)26-14-5-2-3-6-14;/h13-14H,2-12H2,1H3,(H2,21,22,23);1H. The van der Waals surface area contributed by atoms with Crippen molar-refractivity contribution >= 4 is 35.9 Å². The molecule has 0 spiro atoms. The molecule has 0 radical (unpaired) electrons. The third-order valence-electron chi connectivity index (χ3n) is 4.69. The number of likely N-dealkylation sites (tertiary alicyclic amines) is 1. The minimum absolute atomic E-state index is 0. The van der Waals surface area contributed by atoms with Crippen LogP contribution in [0.3, 0.4) is 0 Å². The van der Waals surface area contributed by atoms with Gasteiger partial charge in [-0.1, -0.05) is 0 Å². The van der Waals surface area contributed by atoms with Crippen molar-refractivity contribution in [2.45, 2.75) is 63.3 Å². The fourth-order valence-electron chi connectivity index (χ4n) is 3.43. The van der Waals surface area contributed by atoms with E-state index in [0.29, 0.717) is 44.9 Å². The Morgan fingerprint density at radius 1 is 1.26 bits per heavy atom. The fraction of sp³-hybridized carbons (Fsp3) is 0.882. The molecule has 1 saturated carbocycles. The van der Waals surface area contributed by atoms with Gasteiger partial charge in [-0.2, -0.15) is 13.2 Å². The summed E-state index contributed by atoms with van der Waals surface area (Å²) in [4.78, 5) is 17.2. The van der Waals surface area contributed by atoms with Crippen LogP contribution >= 0.6 is 24.0 Å². The topological polar surface area (TPSA) is 66.0 Å². The molecule has 0 bridgehead atoms. The van der Waals surface area contributed by atoms with Crippen molar-refractivity contribution in [3.05, 3.63) is 0 Å². The molecule has 6 nitrogen and oxygen atoms in total. The zero-order chi connectivity index (χ0) is 19.0. The van der Waals surface area contributed by atoms with Gasteiger partial charge in [-0.25, -0.2) is 0 Å². The number of hydrogen-bond donors (Lipinski definition) is 2. The van der Waals surface area contributed by atoms with E-state index in [2.05, 4.69) is 15.6 Å². The molecule has 1 aliphatic heterocycles. The highest BCUT2D eigenvalue weighted by Crippen LogP contribution is 2.21. The molecule has 0 aromatic heterocycles. The van der Waals surface area contributed by atoms with Gasteiger partial charge >= 0.3 is 12.1 Å². The predicted octanol–water partition coefficient (Wildman–Crippen LogP) is 2.67. The Bertz CT molecular complexity index is 485. The van der Waals surface area contributed by atoms with Gasteiger partial charge in [0.25, 0.3) is 0 Å². The van der Waals surface area contributed by atoms with Crippen LogP contribution in [0.25, 0.3) is 0 Å². The van der Waals surface area contributed by atoms with Crippen LogP contribution in [0.4, 0.5) is 13.2 Å². The first kappa shape index (κ1) is 24.3. The van der Waals surface area contributed by atoms with Crippen LogP contribution in [0.2, 0.25) is 0 Å². The van der Waals surface area contributed by atoms with E-state index in [1.54, 1.807) is 7.05 Å². The number of aliphatic imine (C=N–C) groups is 1. The molecular weight excluding hydrogens is 476 g/mol. The molecule has 1 saturated heterocycles. The summed E-state index contributed by atoms with van der Waals surface area (Å²) < 4.78 is 42.7. The average Bonchev–Trinajstić information content (AvgIpc) is 3.20. The Labute approximate surface area is 175 Å². The van der Waals surface area contributed by atoms with Crippen LogP contribution in [0, 0.1) is 0 Å². The molecule has 1 heterocycles. The molecule has 2 N–H and O–H groups in total. The van der Waals surface area contributed by atoms with Gasteiger partial charge < -0.3 is 15.4 Å². The lowest BCUT2D eigenvalue weighted by atomic mass is 10.2. The first-order valence-electron chi connectivity index (χ1n) is 9.31. The van der Waals surface area contributed by atoms with Crippen molar-refractivity contribution in [2.24, 2.45) is 4.99 Å². The maximum Gasteiger partial charge on any atom is 0.401 e. The maximum atomic E-state index is 12.4. The third-order valence-corrected chi connectivity index (χ3v) is 4.69. The number of carbonyl (C=O) groups is 1. The van der Waals surface area contributed by atoms with E-state index in [1.807, 2.05) is 0 Å². The molecular formula is C17H30F3IN4O2. The summed E-state index contributed by atoms with van der Waals surface area (Å²) in [5.74, 6) is 0.383. The number of guanidine groups is 1. The number of nitrogens with one attached hydrogen (secondary N) is 2. The van der Waals surface area contributed by atoms with Gasteiger partial charge in [-0.3, -0.25) is 14.7 Å². The average molecular weight is 506 g/mol. The Morgan fingerprint density at radius 3 is 2.59 bits per heavy atom. The lowest BCUT2D eigenvalue weighted by molar-refractivity contribution is -0.148. The SMILES string of the molecule is CN=C(NCCCC(=O)OC1CCCC1)NC1CCN(CC(F)(F)F)C1.I. The molecule has 1 atom stereocenters. The van der Waals surface area contributed by atoms with Crippen molar-refractivity contribution in [3.63, 3.8) is 0 Å². The first-order chi connectivity index (χ1) is 12.4. The largest absolute Gasteiger partial charge is 0.462 e. The minimum atomic E-state index is -4.16. The predicted molar refractivity (Wildman–Crippen MR) is 108 cm³/mol. The zero-order valence-corrected chi connectivity index (χ0v) is 18.0. The van der Waals surface area contributed by atoms with Crippen LogP contribution in [-0.2, 0) is 9.53 Å². The Hall–Kier alpha value is -0.780. The number of nitrogens with zero attached hydrogens (tertiary/aromatic N) is 2. The van der Waals surface area contributed by atoms with E-state index >= 15 is 0 Å². The van der Waals surface area contributed by atoms with Gasteiger partial charge in [-0.05, 0) is 38.5 Å².